The molecule has 1 saturated carbocycles. The molecule has 20 heavy (non-hydrogen) atoms. The predicted octanol–water partition coefficient (Wildman–Crippen LogP) is 3.04. The van der Waals surface area contributed by atoms with Gasteiger partial charge in [0.1, 0.15) is 9.88 Å². The van der Waals surface area contributed by atoms with Crippen LogP contribution >= 0.6 is 23.1 Å². The van der Waals surface area contributed by atoms with Gasteiger partial charge in [0.2, 0.25) is 0 Å². The molecule has 0 aliphatic heterocycles. The smallest absolute Gasteiger partial charge is 0.263 e. The molecule has 1 amide bonds. The number of nitrogens with one attached hydrogen (secondary N) is 1. The number of hydrogen-bond donors (Lipinski definition) is 2. The summed E-state index contributed by atoms with van der Waals surface area (Å²) in [5, 5.41) is 4.04. The first-order valence-corrected chi connectivity index (χ1v) is 9.08. The molecule has 1 aliphatic carbocycles. The van der Waals surface area contributed by atoms with Gasteiger partial charge in [-0.25, -0.2) is 0 Å². The highest BCUT2D eigenvalue weighted by Gasteiger charge is 2.27. The largest absolute Gasteiger partial charge is 0.396 e. The Labute approximate surface area is 129 Å². The van der Waals surface area contributed by atoms with Crippen LogP contribution in [0.15, 0.2) is 4.90 Å². The highest BCUT2D eigenvalue weighted by atomic mass is 32.2. The molecule has 4 nitrogen and oxygen atoms in total. The van der Waals surface area contributed by atoms with Crippen molar-refractivity contribution in [3.05, 3.63) is 4.88 Å². The number of anilines is 2. The van der Waals surface area contributed by atoms with E-state index >= 15 is 0 Å². The maximum Gasteiger partial charge on any atom is 0.263 e. The Kier molecular flexibility index (Phi) is 5.21. The summed E-state index contributed by atoms with van der Waals surface area (Å²) in [7, 11) is 2.09. The van der Waals surface area contributed by atoms with E-state index in [0.29, 0.717) is 17.1 Å². The molecule has 6 heteroatoms. The molecule has 1 aliphatic rings. The molecule has 1 aromatic heterocycles. The van der Waals surface area contributed by atoms with Crippen LogP contribution in [0.1, 0.15) is 35.9 Å². The number of hydrogen-bond acceptors (Lipinski definition) is 5. The van der Waals surface area contributed by atoms with Crippen molar-refractivity contribution in [2.45, 2.75) is 31.1 Å². The van der Waals surface area contributed by atoms with Gasteiger partial charge in [0, 0.05) is 20.1 Å². The molecular weight excluding hydrogens is 290 g/mol. The van der Waals surface area contributed by atoms with E-state index < -0.39 is 0 Å². The monoisotopic (exact) mass is 313 g/mol. The third-order valence-corrected chi connectivity index (χ3v) is 5.67. The first-order chi connectivity index (χ1) is 9.58. The van der Waals surface area contributed by atoms with Gasteiger partial charge in [0.05, 0.1) is 10.6 Å². The number of nitrogen functional groups attached to an aromatic ring is 1. The van der Waals surface area contributed by atoms with Gasteiger partial charge in [0.15, 0.2) is 0 Å². The molecule has 1 aromatic rings. The molecule has 0 spiro atoms. The second kappa shape index (κ2) is 6.72. The summed E-state index contributed by atoms with van der Waals surface area (Å²) in [6, 6.07) is 0. The summed E-state index contributed by atoms with van der Waals surface area (Å²) in [6.45, 7) is 3.79. The zero-order valence-corrected chi connectivity index (χ0v) is 14.0. The number of amides is 1. The lowest BCUT2D eigenvalue weighted by Crippen LogP contribution is -2.23. The third kappa shape index (κ3) is 3.41. The van der Waals surface area contributed by atoms with Crippen molar-refractivity contribution in [2.24, 2.45) is 5.92 Å². The number of thioether (sulfide) groups is 1. The second-order valence-electron chi connectivity index (χ2n) is 5.26. The minimum absolute atomic E-state index is 0.0456. The van der Waals surface area contributed by atoms with Gasteiger partial charge in [-0.1, -0.05) is 6.92 Å². The van der Waals surface area contributed by atoms with Crippen LogP contribution in [0.4, 0.5) is 10.7 Å². The van der Waals surface area contributed by atoms with Gasteiger partial charge in [0.25, 0.3) is 5.91 Å². The lowest BCUT2D eigenvalue weighted by atomic mass is 10.3. The summed E-state index contributed by atoms with van der Waals surface area (Å²) in [5.41, 5.74) is 6.81. The van der Waals surface area contributed by atoms with Crippen molar-refractivity contribution < 1.29 is 4.79 Å². The van der Waals surface area contributed by atoms with Crippen LogP contribution < -0.4 is 16.0 Å². The Morgan fingerprint density at radius 3 is 2.80 bits per heavy atom. The highest BCUT2D eigenvalue weighted by molar-refractivity contribution is 7.99. The average Bonchev–Trinajstić information content (AvgIpc) is 3.17. The summed E-state index contributed by atoms with van der Waals surface area (Å²) in [6.07, 6.45) is 5.59. The first kappa shape index (κ1) is 15.5. The molecule has 0 aromatic carbocycles. The fraction of sp³-hybridized carbons (Fsp3) is 0.643. The van der Waals surface area contributed by atoms with E-state index in [9.17, 15) is 4.79 Å². The first-order valence-electron chi connectivity index (χ1n) is 7.04. The van der Waals surface area contributed by atoms with E-state index in [1.54, 1.807) is 11.8 Å². The number of carbonyl (C=O) groups is 1. The van der Waals surface area contributed by atoms with Crippen LogP contribution in [0, 0.1) is 5.92 Å². The Morgan fingerprint density at radius 1 is 1.55 bits per heavy atom. The van der Waals surface area contributed by atoms with Gasteiger partial charge in [-0.15, -0.1) is 23.1 Å². The number of thiophene rings is 1. The van der Waals surface area contributed by atoms with Crippen LogP contribution in [0.25, 0.3) is 0 Å². The molecule has 2 rings (SSSR count). The number of nitrogens with zero attached hydrogens (tertiary/aromatic N) is 1. The third-order valence-electron chi connectivity index (χ3n) is 3.40. The summed E-state index contributed by atoms with van der Waals surface area (Å²) in [4.78, 5) is 16.1. The van der Waals surface area contributed by atoms with Gasteiger partial charge in [-0.2, -0.15) is 0 Å². The zero-order chi connectivity index (χ0) is 14.7. The lowest BCUT2D eigenvalue weighted by Gasteiger charge is -2.18. The maximum atomic E-state index is 12.2. The minimum atomic E-state index is -0.0456. The molecule has 0 atom stereocenters. The van der Waals surface area contributed by atoms with Crippen molar-refractivity contribution >= 4 is 39.7 Å². The molecule has 1 fully saturated rings. The Hall–Kier alpha value is -0.880. The van der Waals surface area contributed by atoms with Crippen LogP contribution in [0.2, 0.25) is 0 Å². The van der Waals surface area contributed by atoms with E-state index in [1.807, 2.05) is 13.2 Å². The van der Waals surface area contributed by atoms with E-state index in [4.69, 9.17) is 5.73 Å². The normalized spacial score (nSPS) is 14.3. The Bertz CT molecular complexity index is 483. The fourth-order valence-electron chi connectivity index (χ4n) is 2.12. The molecule has 3 N–H and O–H groups in total. The number of rotatable bonds is 7. The minimum Gasteiger partial charge on any atom is -0.396 e. The molecular formula is C14H23N3OS2. The van der Waals surface area contributed by atoms with E-state index in [2.05, 4.69) is 17.3 Å². The van der Waals surface area contributed by atoms with Crippen LogP contribution in [0.3, 0.4) is 0 Å². The van der Waals surface area contributed by atoms with E-state index in [-0.39, 0.29) is 5.91 Å². The zero-order valence-electron chi connectivity index (χ0n) is 12.4. The van der Waals surface area contributed by atoms with Crippen LogP contribution in [-0.2, 0) is 0 Å². The lowest BCUT2D eigenvalue weighted by molar-refractivity contribution is 0.0958. The Morgan fingerprint density at radius 2 is 2.25 bits per heavy atom. The SMILES string of the molecule is CCCNC(=O)c1sc(N(C)CC2CC2)c(SC)c1N. The molecule has 0 radical (unpaired) electrons. The van der Waals surface area contributed by atoms with Crippen molar-refractivity contribution in [1.29, 1.82) is 0 Å². The van der Waals surface area contributed by atoms with Gasteiger partial charge in [-0.3, -0.25) is 4.79 Å². The fourth-order valence-corrected chi connectivity index (χ4v) is 4.22. The molecule has 0 saturated heterocycles. The van der Waals surface area contributed by atoms with Gasteiger partial charge >= 0.3 is 0 Å². The highest BCUT2D eigenvalue weighted by Crippen LogP contribution is 2.44. The Balaban J connectivity index is 2.20. The molecule has 112 valence electrons. The molecule has 0 unspecified atom stereocenters. The van der Waals surface area contributed by atoms with Gasteiger partial charge in [-0.05, 0) is 31.4 Å². The predicted molar refractivity (Wildman–Crippen MR) is 89.1 cm³/mol. The van der Waals surface area contributed by atoms with Crippen molar-refractivity contribution in [3.8, 4) is 0 Å². The van der Waals surface area contributed by atoms with Crippen molar-refractivity contribution in [1.82, 2.24) is 5.32 Å². The molecule has 1 heterocycles. The average molecular weight is 313 g/mol. The summed E-state index contributed by atoms with van der Waals surface area (Å²) >= 11 is 3.14. The maximum absolute atomic E-state index is 12.2. The van der Waals surface area contributed by atoms with Crippen molar-refractivity contribution in [3.63, 3.8) is 0 Å². The number of nitrogens with two attached hydrogens (primary N) is 1. The number of carbonyl (C=O) groups excluding carboxylic acids is 1. The van der Waals surface area contributed by atoms with E-state index in [1.165, 1.54) is 24.2 Å². The van der Waals surface area contributed by atoms with Crippen LogP contribution in [0.5, 0.6) is 0 Å². The van der Waals surface area contributed by atoms with Crippen molar-refractivity contribution in [2.75, 3.05) is 37.0 Å². The second-order valence-corrected chi connectivity index (χ2v) is 7.08. The topological polar surface area (TPSA) is 58.4 Å². The van der Waals surface area contributed by atoms with E-state index in [0.717, 1.165) is 28.8 Å². The molecule has 0 bridgehead atoms. The quantitative estimate of drug-likeness (QED) is 0.760. The standard InChI is InChI=1S/C14H23N3OS2/c1-4-7-16-13(18)11-10(15)12(19-3)14(20-11)17(2)8-9-5-6-9/h9H,4-8,15H2,1-3H3,(H,16,18). The summed E-state index contributed by atoms with van der Waals surface area (Å²) < 4.78 is 0. The summed E-state index contributed by atoms with van der Waals surface area (Å²) in [5.74, 6) is 0.770. The van der Waals surface area contributed by atoms with Crippen LogP contribution in [-0.4, -0.2) is 32.3 Å². The van der Waals surface area contributed by atoms with Gasteiger partial charge < -0.3 is 16.0 Å².